The molecular weight excluding hydrogens is 340 g/mol. The lowest BCUT2D eigenvalue weighted by Gasteiger charge is -2.37. The van der Waals surface area contributed by atoms with Gasteiger partial charge in [-0.25, -0.2) is 0 Å². The fourth-order valence-corrected chi connectivity index (χ4v) is 3.65. The van der Waals surface area contributed by atoms with Gasteiger partial charge in [0.05, 0.1) is 13.2 Å². The number of nitrogens with zero attached hydrogens (tertiary/aromatic N) is 1. The first-order valence-corrected chi connectivity index (χ1v) is 9.67. The summed E-state index contributed by atoms with van der Waals surface area (Å²) in [6, 6.07) is 1.75. The first kappa shape index (κ1) is 18.0. The Hall–Kier alpha value is -2.40. The van der Waals surface area contributed by atoms with Crippen LogP contribution in [0.5, 0.6) is 0 Å². The van der Waals surface area contributed by atoms with Crippen LogP contribution in [0, 0.1) is 17.3 Å². The van der Waals surface area contributed by atoms with Crippen LogP contribution in [0.1, 0.15) is 36.0 Å². The predicted molar refractivity (Wildman–Crippen MR) is 103 cm³/mol. The van der Waals surface area contributed by atoms with Crippen molar-refractivity contribution in [3.8, 4) is 0 Å². The molecule has 4 rings (SSSR count). The standard InChI is InChI=1S/C22H26N2O3/c1-22(14-26-15-22)13-23-21(25)20-12-19(27-24-20)8-4-5-16-9-10-17-6-2-3-7-18(17)11-16/h2-3,6-7,9-12,17-18H,4-5,8,13-15H2,1H3,(H,23,25). The van der Waals surface area contributed by atoms with E-state index in [2.05, 4.69) is 59.9 Å². The number of amides is 1. The Morgan fingerprint density at radius 3 is 2.81 bits per heavy atom. The number of fused-ring (bicyclic) bond motifs is 1. The van der Waals surface area contributed by atoms with Crippen LogP contribution in [-0.2, 0) is 11.2 Å². The molecule has 0 aromatic carbocycles. The van der Waals surface area contributed by atoms with E-state index < -0.39 is 0 Å². The van der Waals surface area contributed by atoms with Gasteiger partial charge in [-0.05, 0) is 12.8 Å². The lowest BCUT2D eigenvalue weighted by Crippen LogP contribution is -2.48. The van der Waals surface area contributed by atoms with Crippen LogP contribution in [0.3, 0.4) is 0 Å². The Morgan fingerprint density at radius 1 is 1.22 bits per heavy atom. The molecule has 0 spiro atoms. The van der Waals surface area contributed by atoms with Gasteiger partial charge in [0.25, 0.3) is 5.91 Å². The Kier molecular flexibility index (Phi) is 5.12. The largest absolute Gasteiger partial charge is 0.380 e. The molecule has 2 aliphatic carbocycles. The number of carbonyl (C=O) groups is 1. The Balaban J connectivity index is 1.23. The maximum Gasteiger partial charge on any atom is 0.273 e. The van der Waals surface area contributed by atoms with Gasteiger partial charge in [-0.15, -0.1) is 0 Å². The maximum atomic E-state index is 12.2. The van der Waals surface area contributed by atoms with Gasteiger partial charge in [0.1, 0.15) is 5.76 Å². The summed E-state index contributed by atoms with van der Waals surface area (Å²) in [4.78, 5) is 12.2. The number of allylic oxidation sites excluding steroid dienone is 8. The van der Waals surface area contributed by atoms with Gasteiger partial charge in [0.2, 0.25) is 0 Å². The molecule has 2 unspecified atom stereocenters. The summed E-state index contributed by atoms with van der Waals surface area (Å²) in [7, 11) is 0. The van der Waals surface area contributed by atoms with E-state index in [1.165, 1.54) is 5.57 Å². The van der Waals surface area contributed by atoms with Crippen molar-refractivity contribution < 1.29 is 14.1 Å². The number of aromatic nitrogens is 1. The summed E-state index contributed by atoms with van der Waals surface area (Å²) >= 11 is 0. The topological polar surface area (TPSA) is 64.4 Å². The molecule has 2 atom stereocenters. The molecule has 27 heavy (non-hydrogen) atoms. The van der Waals surface area contributed by atoms with Crippen LogP contribution in [0.25, 0.3) is 0 Å². The molecule has 1 N–H and O–H groups in total. The number of nitrogens with one attached hydrogen (secondary N) is 1. The minimum atomic E-state index is -0.181. The third-order valence-electron chi connectivity index (χ3n) is 5.42. The lowest BCUT2D eigenvalue weighted by atomic mass is 9.82. The zero-order chi connectivity index (χ0) is 18.7. The molecule has 0 bridgehead atoms. The molecule has 0 radical (unpaired) electrons. The Labute approximate surface area is 159 Å². The molecule has 1 fully saturated rings. The van der Waals surface area contributed by atoms with Crippen molar-refractivity contribution in [1.29, 1.82) is 0 Å². The average Bonchev–Trinajstić information content (AvgIpc) is 3.13. The average molecular weight is 366 g/mol. The maximum absolute atomic E-state index is 12.2. The van der Waals surface area contributed by atoms with Crippen LogP contribution in [-0.4, -0.2) is 30.8 Å². The van der Waals surface area contributed by atoms with Gasteiger partial charge in [-0.1, -0.05) is 60.2 Å². The summed E-state index contributed by atoms with van der Waals surface area (Å²) in [6.45, 7) is 4.08. The highest BCUT2D eigenvalue weighted by Crippen LogP contribution is 2.29. The van der Waals surface area contributed by atoms with Crippen LogP contribution >= 0.6 is 0 Å². The minimum absolute atomic E-state index is 0.0474. The van der Waals surface area contributed by atoms with E-state index in [-0.39, 0.29) is 11.3 Å². The van der Waals surface area contributed by atoms with Crippen LogP contribution in [0.4, 0.5) is 0 Å². The summed E-state index contributed by atoms with van der Waals surface area (Å²) in [5.41, 5.74) is 1.77. The molecule has 1 amide bonds. The fourth-order valence-electron chi connectivity index (χ4n) is 3.65. The molecule has 5 heteroatoms. The van der Waals surface area contributed by atoms with Gasteiger partial charge in [-0.3, -0.25) is 4.79 Å². The highest BCUT2D eigenvalue weighted by molar-refractivity contribution is 5.92. The number of aryl methyl sites for hydroxylation is 1. The SMILES string of the molecule is CC1(CNC(=O)c2cc(CCCC3=CC4C=CC=CC4C=C3)on2)COC1. The highest BCUT2D eigenvalue weighted by atomic mass is 16.5. The Bertz CT molecular complexity index is 811. The third-order valence-corrected chi connectivity index (χ3v) is 5.42. The summed E-state index contributed by atoms with van der Waals surface area (Å²) in [5, 5.41) is 6.83. The Morgan fingerprint density at radius 2 is 2.04 bits per heavy atom. The van der Waals surface area contributed by atoms with Gasteiger partial charge in [0.15, 0.2) is 5.69 Å². The van der Waals surface area contributed by atoms with E-state index in [9.17, 15) is 4.79 Å². The second-order valence-electron chi connectivity index (χ2n) is 8.04. The van der Waals surface area contributed by atoms with Crippen LogP contribution in [0.2, 0.25) is 0 Å². The number of carbonyl (C=O) groups excluding carboxylic acids is 1. The quantitative estimate of drug-likeness (QED) is 0.800. The molecule has 1 aliphatic heterocycles. The first-order chi connectivity index (χ1) is 13.1. The molecule has 142 valence electrons. The zero-order valence-corrected chi connectivity index (χ0v) is 15.7. The van der Waals surface area contributed by atoms with E-state index in [1.807, 2.05) is 0 Å². The van der Waals surface area contributed by atoms with E-state index in [0.717, 1.165) is 25.0 Å². The van der Waals surface area contributed by atoms with Crippen LogP contribution < -0.4 is 5.32 Å². The molecule has 1 saturated heterocycles. The van der Waals surface area contributed by atoms with E-state index in [4.69, 9.17) is 9.26 Å². The van der Waals surface area contributed by atoms with Crippen LogP contribution in [0.15, 0.2) is 58.7 Å². The number of hydrogen-bond acceptors (Lipinski definition) is 4. The smallest absolute Gasteiger partial charge is 0.273 e. The molecule has 1 aromatic rings. The van der Waals surface area contributed by atoms with Gasteiger partial charge >= 0.3 is 0 Å². The van der Waals surface area contributed by atoms with Crippen molar-refractivity contribution in [2.75, 3.05) is 19.8 Å². The summed E-state index contributed by atoms with van der Waals surface area (Å²) in [5.74, 6) is 1.57. The van der Waals surface area contributed by atoms with Crippen molar-refractivity contribution in [3.63, 3.8) is 0 Å². The third kappa shape index (κ3) is 4.30. The number of hydrogen-bond donors (Lipinski definition) is 1. The predicted octanol–water partition coefficient (Wildman–Crippen LogP) is 3.62. The molecule has 2 heterocycles. The van der Waals surface area contributed by atoms with Gasteiger partial charge in [-0.2, -0.15) is 0 Å². The molecule has 3 aliphatic rings. The number of rotatable bonds is 7. The molecule has 0 saturated carbocycles. The second-order valence-corrected chi connectivity index (χ2v) is 8.04. The van der Waals surface area contributed by atoms with E-state index in [1.54, 1.807) is 6.07 Å². The monoisotopic (exact) mass is 366 g/mol. The minimum Gasteiger partial charge on any atom is -0.380 e. The molecular formula is C22H26N2O3. The highest BCUT2D eigenvalue weighted by Gasteiger charge is 2.33. The van der Waals surface area contributed by atoms with Crippen molar-refractivity contribution in [3.05, 3.63) is 65.6 Å². The lowest BCUT2D eigenvalue weighted by molar-refractivity contribution is -0.0978. The first-order valence-electron chi connectivity index (χ1n) is 9.67. The van der Waals surface area contributed by atoms with Crippen molar-refractivity contribution >= 4 is 5.91 Å². The van der Waals surface area contributed by atoms with Gasteiger partial charge in [0, 0.05) is 36.3 Å². The van der Waals surface area contributed by atoms with E-state index in [0.29, 0.717) is 37.3 Å². The zero-order valence-electron chi connectivity index (χ0n) is 15.7. The molecule has 1 aromatic heterocycles. The second kappa shape index (κ2) is 7.69. The van der Waals surface area contributed by atoms with Crippen molar-refractivity contribution in [2.24, 2.45) is 17.3 Å². The van der Waals surface area contributed by atoms with Crippen molar-refractivity contribution in [1.82, 2.24) is 10.5 Å². The number of ether oxygens (including phenoxy) is 1. The fraction of sp³-hybridized carbons (Fsp3) is 0.455. The van der Waals surface area contributed by atoms with E-state index >= 15 is 0 Å². The summed E-state index contributed by atoms with van der Waals surface area (Å²) < 4.78 is 10.5. The van der Waals surface area contributed by atoms with Crippen molar-refractivity contribution in [2.45, 2.75) is 26.2 Å². The summed E-state index contributed by atoms with van der Waals surface area (Å²) in [6.07, 6.45) is 18.3. The normalized spacial score (nSPS) is 24.9. The molecule has 5 nitrogen and oxygen atoms in total. The van der Waals surface area contributed by atoms with Gasteiger partial charge < -0.3 is 14.6 Å².